The predicted octanol–water partition coefficient (Wildman–Crippen LogP) is 4.28. The Morgan fingerprint density at radius 3 is 2.53 bits per heavy atom. The van der Waals surface area contributed by atoms with Crippen LogP contribution in [0, 0.1) is 13.8 Å². The second-order valence-electron chi connectivity index (χ2n) is 7.78. The Hall–Kier alpha value is -2.77. The molecular weight excluding hydrogens is 398 g/mol. The van der Waals surface area contributed by atoms with Gasteiger partial charge in [-0.2, -0.15) is 4.31 Å². The van der Waals surface area contributed by atoms with Gasteiger partial charge < -0.3 is 5.32 Å². The van der Waals surface area contributed by atoms with Crippen molar-refractivity contribution in [3.63, 3.8) is 0 Å². The zero-order valence-corrected chi connectivity index (χ0v) is 18.0. The first-order chi connectivity index (χ1) is 14.3. The van der Waals surface area contributed by atoms with Gasteiger partial charge in [0, 0.05) is 29.9 Å². The number of nitrogens with zero attached hydrogens (tertiary/aromatic N) is 2. The van der Waals surface area contributed by atoms with Crippen LogP contribution in [-0.2, 0) is 10.0 Å². The fourth-order valence-electron chi connectivity index (χ4n) is 3.85. The summed E-state index contributed by atoms with van der Waals surface area (Å²) in [6, 6.07) is 14.0. The zero-order valence-electron chi connectivity index (χ0n) is 17.2. The first kappa shape index (κ1) is 20.5. The van der Waals surface area contributed by atoms with Gasteiger partial charge in [0.15, 0.2) is 0 Å². The van der Waals surface area contributed by atoms with Crippen LogP contribution in [0.3, 0.4) is 0 Å². The number of aromatic nitrogens is 1. The summed E-state index contributed by atoms with van der Waals surface area (Å²) in [5.74, 6) is -0.288. The molecule has 3 aromatic rings. The molecule has 0 unspecified atom stereocenters. The lowest BCUT2D eigenvalue weighted by atomic mass is 10.0. The number of anilines is 1. The molecule has 7 heteroatoms. The normalized spacial score (nSPS) is 15.3. The van der Waals surface area contributed by atoms with Crippen molar-refractivity contribution in [1.82, 2.24) is 9.29 Å². The van der Waals surface area contributed by atoms with E-state index in [1.165, 1.54) is 10.4 Å². The van der Waals surface area contributed by atoms with E-state index in [1.807, 2.05) is 32.0 Å². The topological polar surface area (TPSA) is 79.4 Å². The van der Waals surface area contributed by atoms with Crippen molar-refractivity contribution in [3.05, 3.63) is 65.4 Å². The van der Waals surface area contributed by atoms with E-state index >= 15 is 0 Å². The Kier molecular flexibility index (Phi) is 5.58. The van der Waals surface area contributed by atoms with Crippen molar-refractivity contribution in [3.8, 4) is 0 Å². The van der Waals surface area contributed by atoms with Gasteiger partial charge in [-0.05, 0) is 63.1 Å². The quantitative estimate of drug-likeness (QED) is 0.679. The minimum atomic E-state index is -3.56. The Morgan fingerprint density at radius 2 is 1.77 bits per heavy atom. The van der Waals surface area contributed by atoms with Gasteiger partial charge in [0.05, 0.1) is 16.0 Å². The van der Waals surface area contributed by atoms with Crippen LogP contribution in [0.25, 0.3) is 10.9 Å². The van der Waals surface area contributed by atoms with Crippen LogP contribution >= 0.6 is 0 Å². The molecule has 1 amide bonds. The number of sulfonamides is 1. The molecule has 2 aromatic carbocycles. The number of piperidine rings is 1. The monoisotopic (exact) mass is 423 g/mol. The van der Waals surface area contributed by atoms with Crippen LogP contribution in [0.4, 0.5) is 5.69 Å². The van der Waals surface area contributed by atoms with Crippen molar-refractivity contribution in [2.24, 2.45) is 0 Å². The Bertz CT molecular complexity index is 1220. The maximum Gasteiger partial charge on any atom is 0.256 e. The Labute approximate surface area is 177 Å². The first-order valence-corrected chi connectivity index (χ1v) is 11.6. The number of aryl methyl sites for hydroxylation is 2. The van der Waals surface area contributed by atoms with E-state index in [1.54, 1.807) is 24.3 Å². The number of benzene rings is 2. The van der Waals surface area contributed by atoms with Crippen LogP contribution in [0.1, 0.15) is 40.9 Å². The molecular formula is C23H25N3O3S. The summed E-state index contributed by atoms with van der Waals surface area (Å²) in [5, 5.41) is 3.64. The van der Waals surface area contributed by atoms with E-state index < -0.39 is 10.0 Å². The van der Waals surface area contributed by atoms with Crippen molar-refractivity contribution < 1.29 is 13.2 Å². The van der Waals surface area contributed by atoms with E-state index in [2.05, 4.69) is 10.3 Å². The molecule has 4 rings (SSSR count). The van der Waals surface area contributed by atoms with Gasteiger partial charge in [-0.1, -0.05) is 24.1 Å². The molecule has 0 aliphatic carbocycles. The number of nitrogens with one attached hydrogen (secondary N) is 1. The number of carbonyl (C=O) groups excluding carboxylic acids is 1. The molecule has 30 heavy (non-hydrogen) atoms. The highest BCUT2D eigenvalue weighted by Gasteiger charge is 2.26. The van der Waals surface area contributed by atoms with Gasteiger partial charge in [0.2, 0.25) is 10.0 Å². The summed E-state index contributed by atoms with van der Waals surface area (Å²) in [6.45, 7) is 4.90. The third-order valence-electron chi connectivity index (χ3n) is 5.38. The van der Waals surface area contributed by atoms with Crippen molar-refractivity contribution in [1.29, 1.82) is 0 Å². The van der Waals surface area contributed by atoms with Crippen LogP contribution in [0.2, 0.25) is 0 Å². The summed E-state index contributed by atoms with van der Waals surface area (Å²) in [6.07, 6.45) is 2.81. The van der Waals surface area contributed by atoms with Crippen LogP contribution in [-0.4, -0.2) is 36.7 Å². The summed E-state index contributed by atoms with van der Waals surface area (Å²) in [4.78, 5) is 17.8. The van der Waals surface area contributed by atoms with Crippen molar-refractivity contribution >= 4 is 32.5 Å². The van der Waals surface area contributed by atoms with Gasteiger partial charge in [-0.25, -0.2) is 8.42 Å². The molecule has 2 heterocycles. The van der Waals surface area contributed by atoms with Gasteiger partial charge >= 0.3 is 0 Å². The van der Waals surface area contributed by atoms with Crippen LogP contribution in [0.5, 0.6) is 0 Å². The lowest BCUT2D eigenvalue weighted by Crippen LogP contribution is -2.35. The fraction of sp³-hybridized carbons (Fsp3) is 0.304. The van der Waals surface area contributed by atoms with Gasteiger partial charge in [-0.3, -0.25) is 9.78 Å². The predicted molar refractivity (Wildman–Crippen MR) is 118 cm³/mol. The largest absolute Gasteiger partial charge is 0.322 e. The summed E-state index contributed by atoms with van der Waals surface area (Å²) < 4.78 is 27.4. The van der Waals surface area contributed by atoms with Gasteiger partial charge in [0.1, 0.15) is 0 Å². The number of fused-ring (bicyclic) bond motifs is 1. The molecule has 1 fully saturated rings. The van der Waals surface area contributed by atoms with Crippen molar-refractivity contribution in [2.75, 3.05) is 18.4 Å². The fourth-order valence-corrected chi connectivity index (χ4v) is 5.41. The second kappa shape index (κ2) is 8.16. The minimum absolute atomic E-state index is 0.203. The molecule has 1 saturated heterocycles. The first-order valence-electron chi connectivity index (χ1n) is 10.1. The van der Waals surface area contributed by atoms with Gasteiger partial charge in [0.25, 0.3) is 5.91 Å². The number of pyridine rings is 1. The maximum absolute atomic E-state index is 13.1. The molecule has 0 bridgehead atoms. The SMILES string of the molecule is Cc1ccc2nc(C)cc(C(=O)Nc3cccc(S(=O)(=O)N4CCCCC4)c3)c2c1. The third-order valence-corrected chi connectivity index (χ3v) is 7.28. The molecule has 1 aliphatic rings. The van der Waals surface area contributed by atoms with E-state index in [9.17, 15) is 13.2 Å². The highest BCUT2D eigenvalue weighted by Crippen LogP contribution is 2.25. The Morgan fingerprint density at radius 1 is 1.00 bits per heavy atom. The minimum Gasteiger partial charge on any atom is -0.322 e. The van der Waals surface area contributed by atoms with Crippen LogP contribution < -0.4 is 5.32 Å². The lowest BCUT2D eigenvalue weighted by Gasteiger charge is -2.26. The molecule has 0 saturated carbocycles. The van der Waals surface area contributed by atoms with E-state index in [-0.39, 0.29) is 10.8 Å². The van der Waals surface area contributed by atoms with Crippen LogP contribution in [0.15, 0.2) is 53.4 Å². The number of hydrogen-bond donors (Lipinski definition) is 1. The molecule has 0 atom stereocenters. The zero-order chi connectivity index (χ0) is 21.3. The average Bonchev–Trinajstić information content (AvgIpc) is 2.74. The van der Waals surface area contributed by atoms with E-state index in [4.69, 9.17) is 0 Å². The molecule has 0 radical (unpaired) electrons. The smallest absolute Gasteiger partial charge is 0.256 e. The maximum atomic E-state index is 13.1. The highest BCUT2D eigenvalue weighted by atomic mass is 32.2. The van der Waals surface area contributed by atoms with Gasteiger partial charge in [-0.15, -0.1) is 0 Å². The third kappa shape index (κ3) is 4.08. The molecule has 1 N–H and O–H groups in total. The summed E-state index contributed by atoms with van der Waals surface area (Å²) >= 11 is 0. The molecule has 6 nitrogen and oxygen atoms in total. The second-order valence-corrected chi connectivity index (χ2v) is 9.72. The molecule has 0 spiro atoms. The van der Waals surface area contributed by atoms with E-state index in [0.29, 0.717) is 24.3 Å². The van der Waals surface area contributed by atoms with Crippen molar-refractivity contribution in [2.45, 2.75) is 38.0 Å². The number of rotatable bonds is 4. The standard InChI is InChI=1S/C23H25N3O3S/c1-16-9-10-22-20(13-16)21(14-17(2)24-22)23(27)25-18-7-6-8-19(15-18)30(28,29)26-11-4-3-5-12-26/h6-10,13-15H,3-5,11-12H2,1-2H3,(H,25,27). The average molecular weight is 424 g/mol. The number of amides is 1. The molecule has 1 aromatic heterocycles. The highest BCUT2D eigenvalue weighted by molar-refractivity contribution is 7.89. The summed E-state index contributed by atoms with van der Waals surface area (Å²) in [7, 11) is -3.56. The number of hydrogen-bond acceptors (Lipinski definition) is 4. The lowest BCUT2D eigenvalue weighted by molar-refractivity contribution is 0.102. The summed E-state index contributed by atoms with van der Waals surface area (Å²) in [5.41, 5.74) is 3.51. The number of carbonyl (C=O) groups is 1. The Balaban J connectivity index is 1.64. The molecule has 156 valence electrons. The molecule has 1 aliphatic heterocycles. The van der Waals surface area contributed by atoms with E-state index in [0.717, 1.165) is 41.4 Å².